The van der Waals surface area contributed by atoms with Gasteiger partial charge in [0.2, 0.25) is 0 Å². The molecule has 1 aliphatic heterocycles. The minimum absolute atomic E-state index is 0.0613. The number of benzene rings is 2. The molecule has 29 heavy (non-hydrogen) atoms. The monoisotopic (exact) mass is 418 g/mol. The highest BCUT2D eigenvalue weighted by Crippen LogP contribution is 2.35. The molecule has 0 bridgehead atoms. The van der Waals surface area contributed by atoms with Crippen molar-refractivity contribution in [3.8, 4) is 5.75 Å². The highest BCUT2D eigenvalue weighted by molar-refractivity contribution is 7.22. The number of hydrogen-bond acceptors (Lipinski definition) is 5. The molecule has 3 aromatic rings. The SMILES string of the molecule is CCOc1cccc2sc(N(CC3CCCO3)C(=O)c3ccc(F)c(F)c3)nc12. The van der Waals surface area contributed by atoms with Crippen LogP contribution in [0.25, 0.3) is 10.2 Å². The molecule has 1 fully saturated rings. The van der Waals surface area contributed by atoms with Crippen LogP contribution in [0, 0.1) is 11.6 Å². The molecule has 4 rings (SSSR count). The molecule has 5 nitrogen and oxygen atoms in total. The summed E-state index contributed by atoms with van der Waals surface area (Å²) in [7, 11) is 0. The molecule has 1 unspecified atom stereocenters. The number of carbonyl (C=O) groups is 1. The quantitative estimate of drug-likeness (QED) is 0.577. The molecule has 2 heterocycles. The number of thiazole rings is 1. The molecule has 152 valence electrons. The van der Waals surface area contributed by atoms with Crippen LogP contribution in [0.5, 0.6) is 5.75 Å². The fourth-order valence-electron chi connectivity index (χ4n) is 3.32. The van der Waals surface area contributed by atoms with Crippen molar-refractivity contribution in [2.75, 3.05) is 24.7 Å². The number of aromatic nitrogens is 1. The number of ether oxygens (including phenoxy) is 2. The fourth-order valence-corrected chi connectivity index (χ4v) is 4.31. The van der Waals surface area contributed by atoms with Gasteiger partial charge in [0, 0.05) is 12.2 Å². The molecule has 1 atom stereocenters. The molecular formula is C21H20F2N2O3S. The van der Waals surface area contributed by atoms with Crippen LogP contribution in [0.2, 0.25) is 0 Å². The van der Waals surface area contributed by atoms with Gasteiger partial charge < -0.3 is 9.47 Å². The third-order valence-electron chi connectivity index (χ3n) is 4.72. The van der Waals surface area contributed by atoms with Crippen LogP contribution in [-0.2, 0) is 4.74 Å². The van der Waals surface area contributed by atoms with Crippen LogP contribution in [0.1, 0.15) is 30.1 Å². The highest BCUT2D eigenvalue weighted by Gasteiger charge is 2.28. The van der Waals surface area contributed by atoms with Crippen molar-refractivity contribution in [1.29, 1.82) is 0 Å². The van der Waals surface area contributed by atoms with Gasteiger partial charge >= 0.3 is 0 Å². The van der Waals surface area contributed by atoms with E-state index >= 15 is 0 Å². The van der Waals surface area contributed by atoms with Gasteiger partial charge in [-0.05, 0) is 50.1 Å². The number of rotatable bonds is 6. The predicted octanol–water partition coefficient (Wildman–Crippen LogP) is 4.80. The Bertz CT molecular complexity index is 1030. The Labute approximate surface area is 170 Å². The number of para-hydroxylation sites is 1. The van der Waals surface area contributed by atoms with Crippen molar-refractivity contribution in [3.63, 3.8) is 0 Å². The van der Waals surface area contributed by atoms with Crippen molar-refractivity contribution in [2.45, 2.75) is 25.9 Å². The summed E-state index contributed by atoms with van der Waals surface area (Å²) in [6, 6.07) is 8.76. The highest BCUT2D eigenvalue weighted by atomic mass is 32.1. The first-order chi connectivity index (χ1) is 14.1. The third kappa shape index (κ3) is 4.09. The van der Waals surface area contributed by atoms with Gasteiger partial charge in [0.05, 0.1) is 24.0 Å². The number of halogens is 2. The average molecular weight is 418 g/mol. The average Bonchev–Trinajstić information content (AvgIpc) is 3.38. The molecule has 1 aromatic heterocycles. The van der Waals surface area contributed by atoms with E-state index in [0.717, 1.165) is 29.7 Å². The fraction of sp³-hybridized carbons (Fsp3) is 0.333. The van der Waals surface area contributed by atoms with E-state index in [0.29, 0.717) is 36.2 Å². The largest absolute Gasteiger partial charge is 0.492 e. The summed E-state index contributed by atoms with van der Waals surface area (Å²) in [5, 5.41) is 0.470. The molecule has 1 amide bonds. The lowest BCUT2D eigenvalue weighted by Crippen LogP contribution is -2.37. The molecule has 0 aliphatic carbocycles. The summed E-state index contributed by atoms with van der Waals surface area (Å²) in [5.41, 5.74) is 0.732. The molecule has 1 aliphatic rings. The zero-order valence-electron chi connectivity index (χ0n) is 15.9. The minimum Gasteiger partial charge on any atom is -0.492 e. The van der Waals surface area contributed by atoms with Gasteiger partial charge in [0.15, 0.2) is 16.8 Å². The lowest BCUT2D eigenvalue weighted by atomic mass is 10.1. The maximum Gasteiger partial charge on any atom is 0.260 e. The Kier molecular flexibility index (Phi) is 5.73. The van der Waals surface area contributed by atoms with Gasteiger partial charge in [-0.3, -0.25) is 9.69 Å². The second-order valence-electron chi connectivity index (χ2n) is 6.71. The van der Waals surface area contributed by atoms with Crippen LogP contribution in [-0.4, -0.2) is 36.8 Å². The maximum atomic E-state index is 13.7. The Morgan fingerprint density at radius 2 is 2.17 bits per heavy atom. The van der Waals surface area contributed by atoms with Crippen molar-refractivity contribution < 1.29 is 23.0 Å². The van der Waals surface area contributed by atoms with E-state index in [4.69, 9.17) is 9.47 Å². The van der Waals surface area contributed by atoms with E-state index in [-0.39, 0.29) is 11.7 Å². The number of anilines is 1. The maximum absolute atomic E-state index is 13.7. The normalized spacial score (nSPS) is 16.3. The smallest absolute Gasteiger partial charge is 0.260 e. The molecule has 0 saturated carbocycles. The van der Waals surface area contributed by atoms with Crippen molar-refractivity contribution >= 4 is 32.6 Å². The van der Waals surface area contributed by atoms with E-state index < -0.39 is 17.5 Å². The van der Waals surface area contributed by atoms with Gasteiger partial charge in [-0.25, -0.2) is 13.8 Å². The standard InChI is InChI=1S/C21H20F2N2O3S/c1-2-27-17-6-3-7-18-19(17)24-21(29-18)25(12-14-5-4-10-28-14)20(26)13-8-9-15(22)16(23)11-13/h3,6-9,11,14H,2,4-5,10,12H2,1H3. The van der Waals surface area contributed by atoms with Crippen molar-refractivity contribution in [1.82, 2.24) is 4.98 Å². The summed E-state index contributed by atoms with van der Waals surface area (Å²) in [4.78, 5) is 19.3. The summed E-state index contributed by atoms with van der Waals surface area (Å²) in [5.74, 6) is -1.86. The second-order valence-corrected chi connectivity index (χ2v) is 7.72. The van der Waals surface area contributed by atoms with Crippen molar-refractivity contribution in [2.24, 2.45) is 0 Å². The number of fused-ring (bicyclic) bond motifs is 1. The Morgan fingerprint density at radius 1 is 1.31 bits per heavy atom. The molecular weight excluding hydrogens is 398 g/mol. The Morgan fingerprint density at radius 3 is 2.90 bits per heavy atom. The Balaban J connectivity index is 1.73. The Hall–Kier alpha value is -2.58. The molecule has 0 N–H and O–H groups in total. The van der Waals surface area contributed by atoms with Gasteiger partial charge in [0.25, 0.3) is 5.91 Å². The van der Waals surface area contributed by atoms with E-state index in [1.54, 1.807) is 0 Å². The minimum atomic E-state index is -1.06. The summed E-state index contributed by atoms with van der Waals surface area (Å²) >= 11 is 1.35. The van der Waals surface area contributed by atoms with Gasteiger partial charge in [-0.15, -0.1) is 0 Å². The van der Waals surface area contributed by atoms with E-state index in [2.05, 4.69) is 4.98 Å². The first kappa shape index (κ1) is 19.7. The van der Waals surface area contributed by atoms with E-state index in [1.807, 2.05) is 25.1 Å². The number of amides is 1. The third-order valence-corrected chi connectivity index (χ3v) is 5.77. The summed E-state index contributed by atoms with van der Waals surface area (Å²) < 4.78 is 39.3. The lowest BCUT2D eigenvalue weighted by molar-refractivity contribution is 0.0917. The molecule has 0 spiro atoms. The van der Waals surface area contributed by atoms with Crippen LogP contribution in [0.15, 0.2) is 36.4 Å². The topological polar surface area (TPSA) is 51.7 Å². The predicted molar refractivity (Wildman–Crippen MR) is 108 cm³/mol. The molecule has 2 aromatic carbocycles. The number of hydrogen-bond donors (Lipinski definition) is 0. The molecule has 8 heteroatoms. The second kappa shape index (κ2) is 8.42. The van der Waals surface area contributed by atoms with Crippen molar-refractivity contribution in [3.05, 3.63) is 53.6 Å². The molecule has 0 radical (unpaired) electrons. The first-order valence-corrected chi connectivity index (χ1v) is 10.3. The van der Waals surface area contributed by atoms with Gasteiger partial charge in [-0.2, -0.15) is 0 Å². The zero-order chi connectivity index (χ0) is 20.4. The van der Waals surface area contributed by atoms with E-state index in [9.17, 15) is 13.6 Å². The number of nitrogens with zero attached hydrogens (tertiary/aromatic N) is 2. The van der Waals surface area contributed by atoms with E-state index in [1.165, 1.54) is 22.3 Å². The van der Waals surface area contributed by atoms with Crippen LogP contribution >= 0.6 is 11.3 Å². The zero-order valence-corrected chi connectivity index (χ0v) is 16.7. The van der Waals surface area contributed by atoms with Gasteiger partial charge in [0.1, 0.15) is 11.3 Å². The van der Waals surface area contributed by atoms with Crippen LogP contribution in [0.4, 0.5) is 13.9 Å². The summed E-state index contributed by atoms with van der Waals surface area (Å²) in [6.45, 7) is 3.33. The van der Waals surface area contributed by atoms with Gasteiger partial charge in [-0.1, -0.05) is 17.4 Å². The van der Waals surface area contributed by atoms with Crippen LogP contribution < -0.4 is 9.64 Å². The summed E-state index contributed by atoms with van der Waals surface area (Å²) in [6.07, 6.45) is 1.63. The first-order valence-electron chi connectivity index (χ1n) is 9.47. The lowest BCUT2D eigenvalue weighted by Gasteiger charge is -2.23. The van der Waals surface area contributed by atoms with Crippen LogP contribution in [0.3, 0.4) is 0 Å². The molecule has 1 saturated heterocycles. The number of carbonyl (C=O) groups excluding carboxylic acids is 1.